The SMILES string of the molecule is COc1ccc2c(c1)CC(N[C@@H]1CN(C)C[C@H]1c1cncn1C)CO2. The Morgan fingerprint density at radius 3 is 2.92 bits per heavy atom. The summed E-state index contributed by atoms with van der Waals surface area (Å²) in [6, 6.07) is 6.76. The molecule has 0 bridgehead atoms. The first-order valence-electron chi connectivity index (χ1n) is 8.84. The van der Waals surface area contributed by atoms with Crippen LogP contribution >= 0.6 is 0 Å². The predicted octanol–water partition coefficient (Wildman–Crippen LogP) is 1.42. The summed E-state index contributed by atoms with van der Waals surface area (Å²) in [6.45, 7) is 2.80. The van der Waals surface area contributed by atoms with Crippen molar-refractivity contribution in [2.45, 2.75) is 24.4 Å². The molecule has 3 heterocycles. The van der Waals surface area contributed by atoms with E-state index < -0.39 is 0 Å². The zero-order valence-electron chi connectivity index (χ0n) is 15.1. The predicted molar refractivity (Wildman–Crippen MR) is 96.4 cm³/mol. The van der Waals surface area contributed by atoms with Crippen molar-refractivity contribution in [3.05, 3.63) is 42.0 Å². The molecule has 6 nitrogen and oxygen atoms in total. The summed E-state index contributed by atoms with van der Waals surface area (Å²) < 4.78 is 13.5. The first-order valence-corrected chi connectivity index (χ1v) is 8.84. The molecule has 1 fully saturated rings. The van der Waals surface area contributed by atoms with E-state index in [0.717, 1.165) is 31.0 Å². The van der Waals surface area contributed by atoms with Crippen molar-refractivity contribution in [2.75, 3.05) is 33.9 Å². The van der Waals surface area contributed by atoms with Crippen LogP contribution in [0.25, 0.3) is 0 Å². The van der Waals surface area contributed by atoms with Crippen molar-refractivity contribution >= 4 is 0 Å². The number of likely N-dealkylation sites (N-methyl/N-ethyl adjacent to an activating group) is 1. The lowest BCUT2D eigenvalue weighted by molar-refractivity contribution is 0.223. The fourth-order valence-electron chi connectivity index (χ4n) is 4.10. The van der Waals surface area contributed by atoms with Crippen LogP contribution in [0, 0.1) is 0 Å². The van der Waals surface area contributed by atoms with E-state index in [1.807, 2.05) is 24.7 Å². The Labute approximate surface area is 148 Å². The van der Waals surface area contributed by atoms with Gasteiger partial charge in [-0.2, -0.15) is 0 Å². The number of hydrogen-bond acceptors (Lipinski definition) is 5. The Balaban J connectivity index is 1.48. The van der Waals surface area contributed by atoms with Gasteiger partial charge < -0.3 is 24.3 Å². The van der Waals surface area contributed by atoms with Gasteiger partial charge in [-0.3, -0.25) is 0 Å². The van der Waals surface area contributed by atoms with E-state index in [4.69, 9.17) is 9.47 Å². The zero-order valence-corrected chi connectivity index (χ0v) is 15.1. The van der Waals surface area contributed by atoms with Crippen LogP contribution in [0.4, 0.5) is 0 Å². The van der Waals surface area contributed by atoms with Crippen LogP contribution in [-0.4, -0.2) is 60.4 Å². The number of nitrogens with one attached hydrogen (secondary N) is 1. The van der Waals surface area contributed by atoms with Crippen LogP contribution in [0.15, 0.2) is 30.7 Å². The van der Waals surface area contributed by atoms with Crippen LogP contribution in [0.2, 0.25) is 0 Å². The van der Waals surface area contributed by atoms with Crippen molar-refractivity contribution < 1.29 is 9.47 Å². The van der Waals surface area contributed by atoms with E-state index >= 15 is 0 Å². The van der Waals surface area contributed by atoms with E-state index in [-0.39, 0.29) is 0 Å². The highest BCUT2D eigenvalue weighted by Gasteiger charge is 2.35. The van der Waals surface area contributed by atoms with Crippen molar-refractivity contribution in [2.24, 2.45) is 7.05 Å². The van der Waals surface area contributed by atoms with Crippen LogP contribution in [-0.2, 0) is 13.5 Å². The molecule has 2 aromatic rings. The highest BCUT2D eigenvalue weighted by atomic mass is 16.5. The average molecular weight is 342 g/mol. The minimum Gasteiger partial charge on any atom is -0.497 e. The quantitative estimate of drug-likeness (QED) is 0.911. The number of ether oxygens (including phenoxy) is 2. The molecule has 1 aromatic heterocycles. The number of imidazole rings is 1. The van der Waals surface area contributed by atoms with Gasteiger partial charge in [0.05, 0.1) is 13.4 Å². The van der Waals surface area contributed by atoms with Gasteiger partial charge in [0, 0.05) is 50.0 Å². The molecule has 1 aromatic carbocycles. The van der Waals surface area contributed by atoms with E-state index in [0.29, 0.717) is 24.6 Å². The lowest BCUT2D eigenvalue weighted by Gasteiger charge is -2.30. The highest BCUT2D eigenvalue weighted by Crippen LogP contribution is 2.31. The Morgan fingerprint density at radius 1 is 1.28 bits per heavy atom. The van der Waals surface area contributed by atoms with Crippen molar-refractivity contribution in [3.8, 4) is 11.5 Å². The van der Waals surface area contributed by atoms with E-state index in [2.05, 4.69) is 39.9 Å². The molecule has 0 saturated carbocycles. The lowest BCUT2D eigenvalue weighted by Crippen LogP contribution is -2.47. The minimum atomic E-state index is 0.312. The van der Waals surface area contributed by atoms with Gasteiger partial charge in [0.2, 0.25) is 0 Å². The molecule has 0 amide bonds. The third-order valence-corrected chi connectivity index (χ3v) is 5.36. The number of aromatic nitrogens is 2. The molecular formula is C19H26N4O2. The van der Waals surface area contributed by atoms with Crippen molar-refractivity contribution in [1.82, 2.24) is 19.8 Å². The Morgan fingerprint density at radius 2 is 2.16 bits per heavy atom. The third-order valence-electron chi connectivity index (χ3n) is 5.36. The molecule has 1 N–H and O–H groups in total. The van der Waals surface area contributed by atoms with Crippen LogP contribution in [0.1, 0.15) is 17.2 Å². The fourth-order valence-corrected chi connectivity index (χ4v) is 4.10. The maximum absolute atomic E-state index is 5.97. The first-order chi connectivity index (χ1) is 12.1. The molecule has 1 saturated heterocycles. The van der Waals surface area contributed by atoms with Crippen LogP contribution in [0.5, 0.6) is 11.5 Å². The minimum absolute atomic E-state index is 0.312. The molecular weight excluding hydrogens is 316 g/mol. The van der Waals surface area contributed by atoms with Crippen LogP contribution in [0.3, 0.4) is 0 Å². The maximum atomic E-state index is 5.97. The summed E-state index contributed by atoms with van der Waals surface area (Å²) in [5, 5.41) is 3.84. The second-order valence-electron chi connectivity index (χ2n) is 7.22. The normalized spacial score (nSPS) is 26.3. The van der Waals surface area contributed by atoms with Crippen molar-refractivity contribution in [1.29, 1.82) is 0 Å². The molecule has 25 heavy (non-hydrogen) atoms. The largest absolute Gasteiger partial charge is 0.497 e. The number of hydrogen-bond donors (Lipinski definition) is 1. The number of rotatable bonds is 4. The molecule has 134 valence electrons. The monoisotopic (exact) mass is 342 g/mol. The lowest BCUT2D eigenvalue weighted by atomic mass is 9.96. The average Bonchev–Trinajstić information content (AvgIpc) is 3.19. The maximum Gasteiger partial charge on any atom is 0.122 e. The number of aryl methyl sites for hydroxylation is 1. The Kier molecular flexibility index (Phi) is 4.39. The van der Waals surface area contributed by atoms with E-state index in [1.165, 1.54) is 11.3 Å². The zero-order chi connectivity index (χ0) is 17.4. The van der Waals surface area contributed by atoms with Gasteiger partial charge in [0.15, 0.2) is 0 Å². The summed E-state index contributed by atoms with van der Waals surface area (Å²) >= 11 is 0. The highest BCUT2D eigenvalue weighted by molar-refractivity contribution is 5.42. The van der Waals surface area contributed by atoms with Gasteiger partial charge in [-0.25, -0.2) is 4.98 Å². The number of methoxy groups -OCH3 is 1. The molecule has 0 radical (unpaired) electrons. The summed E-state index contributed by atoms with van der Waals surface area (Å²) in [7, 11) is 5.96. The Bertz CT molecular complexity index is 745. The molecule has 0 aliphatic carbocycles. The van der Waals surface area contributed by atoms with Gasteiger partial charge in [0.1, 0.15) is 18.1 Å². The first kappa shape index (κ1) is 16.4. The molecule has 3 atom stereocenters. The smallest absolute Gasteiger partial charge is 0.122 e. The number of fused-ring (bicyclic) bond motifs is 1. The second kappa shape index (κ2) is 6.69. The summed E-state index contributed by atoms with van der Waals surface area (Å²) in [6.07, 6.45) is 4.85. The van der Waals surface area contributed by atoms with Crippen LogP contribution < -0.4 is 14.8 Å². The number of likely N-dealkylation sites (tertiary alicyclic amines) is 1. The fraction of sp³-hybridized carbons (Fsp3) is 0.526. The third kappa shape index (κ3) is 3.24. The molecule has 1 unspecified atom stereocenters. The van der Waals surface area contributed by atoms with Gasteiger partial charge >= 0.3 is 0 Å². The molecule has 4 rings (SSSR count). The van der Waals surface area contributed by atoms with Crippen molar-refractivity contribution in [3.63, 3.8) is 0 Å². The number of nitrogens with zero attached hydrogens (tertiary/aromatic N) is 3. The molecule has 6 heteroatoms. The van der Waals surface area contributed by atoms with Gasteiger partial charge in [-0.05, 0) is 37.2 Å². The topological polar surface area (TPSA) is 51.5 Å². The molecule has 0 spiro atoms. The van der Waals surface area contributed by atoms with Gasteiger partial charge in [-0.1, -0.05) is 0 Å². The number of benzene rings is 1. The Hall–Kier alpha value is -2.05. The van der Waals surface area contributed by atoms with E-state index in [1.54, 1.807) is 7.11 Å². The second-order valence-corrected chi connectivity index (χ2v) is 7.22. The summed E-state index contributed by atoms with van der Waals surface area (Å²) in [4.78, 5) is 6.68. The van der Waals surface area contributed by atoms with Gasteiger partial charge in [-0.15, -0.1) is 0 Å². The van der Waals surface area contributed by atoms with Gasteiger partial charge in [0.25, 0.3) is 0 Å². The standard InChI is InChI=1S/C19H26N4O2/c1-22-9-16(18-8-20-12-23(18)2)17(10-22)21-14-6-13-7-15(24-3)4-5-19(13)25-11-14/h4-5,7-8,12,14,16-17,21H,6,9-11H2,1-3H3/t14?,16-,17-/m1/s1. The summed E-state index contributed by atoms with van der Waals surface area (Å²) in [5.41, 5.74) is 2.51. The van der Waals surface area contributed by atoms with E-state index in [9.17, 15) is 0 Å². The molecule has 2 aliphatic heterocycles. The molecule has 2 aliphatic rings. The summed E-state index contributed by atoms with van der Waals surface area (Å²) in [5.74, 6) is 2.31.